The van der Waals surface area contributed by atoms with Crippen LogP contribution in [0.15, 0.2) is 34.1 Å². The number of benzene rings is 1. The molecule has 1 atom stereocenters. The van der Waals surface area contributed by atoms with Crippen molar-refractivity contribution in [1.29, 1.82) is 0 Å². The van der Waals surface area contributed by atoms with E-state index in [4.69, 9.17) is 11.6 Å². The van der Waals surface area contributed by atoms with E-state index in [0.29, 0.717) is 0 Å². The second-order valence-corrected chi connectivity index (χ2v) is 7.65. The topological polar surface area (TPSA) is 0 Å². The molecule has 0 aliphatic rings. The van der Waals surface area contributed by atoms with Crippen molar-refractivity contribution in [3.63, 3.8) is 0 Å². The molecule has 2 rings (SSSR count). The number of alkyl halides is 1. The van der Waals surface area contributed by atoms with Crippen molar-refractivity contribution in [1.82, 2.24) is 0 Å². The highest BCUT2D eigenvalue weighted by molar-refractivity contribution is 9.11. The number of hydrogen-bond donors (Lipinski definition) is 0. The van der Waals surface area contributed by atoms with E-state index in [1.54, 1.807) is 11.3 Å². The van der Waals surface area contributed by atoms with Crippen molar-refractivity contribution in [3.8, 4) is 0 Å². The summed E-state index contributed by atoms with van der Waals surface area (Å²) in [5, 5.41) is -0.0461. The van der Waals surface area contributed by atoms with E-state index in [0.717, 1.165) is 6.42 Å². The van der Waals surface area contributed by atoms with Crippen molar-refractivity contribution in [2.75, 3.05) is 0 Å². The third-order valence-electron chi connectivity index (χ3n) is 3.22. The predicted molar refractivity (Wildman–Crippen MR) is 89.5 cm³/mol. The van der Waals surface area contributed by atoms with Crippen LogP contribution in [0.5, 0.6) is 0 Å². The molecule has 1 aromatic heterocycles. The third kappa shape index (κ3) is 3.84. The summed E-state index contributed by atoms with van der Waals surface area (Å²) in [6, 6.07) is 10.9. The van der Waals surface area contributed by atoms with Crippen LogP contribution in [-0.2, 0) is 6.42 Å². The Kier molecular flexibility index (Phi) is 5.49. The fourth-order valence-corrected chi connectivity index (χ4v) is 3.93. The summed E-state index contributed by atoms with van der Waals surface area (Å²) < 4.78 is 1.17. The molecule has 0 saturated carbocycles. The number of unbranched alkanes of at least 4 members (excludes halogenated alkanes) is 1. The van der Waals surface area contributed by atoms with Gasteiger partial charge in [0.25, 0.3) is 0 Å². The predicted octanol–water partition coefficient (Wildman–Crippen LogP) is 6.49. The van der Waals surface area contributed by atoms with Gasteiger partial charge in [-0.3, -0.25) is 0 Å². The maximum absolute atomic E-state index is 6.56. The van der Waals surface area contributed by atoms with Gasteiger partial charge in [0.2, 0.25) is 0 Å². The van der Waals surface area contributed by atoms with E-state index in [1.807, 2.05) is 0 Å². The lowest BCUT2D eigenvalue weighted by atomic mass is 10.0. The second kappa shape index (κ2) is 6.92. The zero-order chi connectivity index (χ0) is 13.8. The standard InChI is InChI=1S/C16H18BrClS/c1-3-4-5-12-6-8-13(9-7-12)15(18)14-10-11(2)16(17)19-14/h6-10,15H,3-5H2,1-2H3. The van der Waals surface area contributed by atoms with E-state index in [2.05, 4.69) is 60.1 Å². The molecule has 0 aliphatic carbocycles. The number of halogens is 2. The number of thiophene rings is 1. The molecular formula is C16H18BrClS. The first-order chi connectivity index (χ1) is 9.11. The molecule has 19 heavy (non-hydrogen) atoms. The lowest BCUT2D eigenvalue weighted by molar-refractivity contribution is 0.794. The highest BCUT2D eigenvalue weighted by atomic mass is 79.9. The molecule has 0 spiro atoms. The minimum absolute atomic E-state index is 0.0461. The summed E-state index contributed by atoms with van der Waals surface area (Å²) in [7, 11) is 0. The Morgan fingerprint density at radius 2 is 1.95 bits per heavy atom. The maximum Gasteiger partial charge on any atom is 0.0928 e. The zero-order valence-corrected chi connectivity index (χ0v) is 14.4. The third-order valence-corrected chi connectivity index (χ3v) is 6.04. The molecule has 0 amide bonds. The van der Waals surface area contributed by atoms with E-state index < -0.39 is 0 Å². The Morgan fingerprint density at radius 1 is 1.26 bits per heavy atom. The molecular weight excluding hydrogens is 340 g/mol. The molecule has 0 N–H and O–H groups in total. The molecule has 0 saturated heterocycles. The average Bonchev–Trinajstić information content (AvgIpc) is 2.76. The molecule has 0 nitrogen and oxygen atoms in total. The molecule has 0 radical (unpaired) electrons. The summed E-state index contributed by atoms with van der Waals surface area (Å²) in [6.45, 7) is 4.32. The molecule has 1 aromatic carbocycles. The van der Waals surface area contributed by atoms with Gasteiger partial charge in [0, 0.05) is 4.88 Å². The fourth-order valence-electron chi connectivity index (χ4n) is 2.01. The summed E-state index contributed by atoms with van der Waals surface area (Å²) in [5.41, 5.74) is 3.83. The second-order valence-electron chi connectivity index (χ2n) is 4.81. The molecule has 0 bridgehead atoms. The van der Waals surface area contributed by atoms with Crippen molar-refractivity contribution in [2.45, 2.75) is 38.5 Å². The molecule has 3 heteroatoms. The van der Waals surface area contributed by atoms with Crippen LogP contribution in [-0.4, -0.2) is 0 Å². The van der Waals surface area contributed by atoms with Crippen LogP contribution in [0.3, 0.4) is 0 Å². The van der Waals surface area contributed by atoms with Gasteiger partial charge in [0.15, 0.2) is 0 Å². The van der Waals surface area contributed by atoms with Gasteiger partial charge >= 0.3 is 0 Å². The quantitative estimate of drug-likeness (QED) is 0.536. The minimum Gasteiger partial charge on any atom is -0.131 e. The molecule has 1 unspecified atom stereocenters. The Morgan fingerprint density at radius 3 is 2.47 bits per heavy atom. The van der Waals surface area contributed by atoms with Crippen LogP contribution in [0.4, 0.5) is 0 Å². The highest BCUT2D eigenvalue weighted by Gasteiger charge is 2.14. The van der Waals surface area contributed by atoms with Gasteiger partial charge in [-0.1, -0.05) is 37.6 Å². The van der Waals surface area contributed by atoms with Gasteiger partial charge in [-0.15, -0.1) is 22.9 Å². The van der Waals surface area contributed by atoms with Crippen LogP contribution in [0.1, 0.15) is 46.7 Å². The molecule has 1 heterocycles. The van der Waals surface area contributed by atoms with Crippen molar-refractivity contribution < 1.29 is 0 Å². The largest absolute Gasteiger partial charge is 0.131 e. The van der Waals surface area contributed by atoms with E-state index in [1.165, 1.54) is 38.2 Å². The van der Waals surface area contributed by atoms with Gasteiger partial charge in [-0.25, -0.2) is 0 Å². The van der Waals surface area contributed by atoms with Crippen LogP contribution in [0.25, 0.3) is 0 Å². The van der Waals surface area contributed by atoms with Gasteiger partial charge in [0.05, 0.1) is 9.16 Å². The zero-order valence-electron chi connectivity index (χ0n) is 11.2. The summed E-state index contributed by atoms with van der Waals surface area (Å²) in [4.78, 5) is 1.20. The van der Waals surface area contributed by atoms with E-state index in [-0.39, 0.29) is 5.38 Å². The highest BCUT2D eigenvalue weighted by Crippen LogP contribution is 2.37. The fraction of sp³-hybridized carbons (Fsp3) is 0.375. The number of hydrogen-bond acceptors (Lipinski definition) is 1. The van der Waals surface area contributed by atoms with E-state index in [9.17, 15) is 0 Å². The van der Waals surface area contributed by atoms with Gasteiger partial charge in [-0.05, 0) is 58.5 Å². The van der Waals surface area contributed by atoms with Gasteiger partial charge in [-0.2, -0.15) is 0 Å². The molecule has 102 valence electrons. The number of aryl methyl sites for hydroxylation is 2. The molecule has 0 fully saturated rings. The first-order valence-corrected chi connectivity index (χ1v) is 8.65. The van der Waals surface area contributed by atoms with Gasteiger partial charge < -0.3 is 0 Å². The van der Waals surface area contributed by atoms with Crippen molar-refractivity contribution >= 4 is 38.9 Å². The van der Waals surface area contributed by atoms with Crippen molar-refractivity contribution in [3.05, 3.63) is 55.7 Å². The SMILES string of the molecule is CCCCc1ccc(C(Cl)c2cc(C)c(Br)s2)cc1. The summed E-state index contributed by atoms with van der Waals surface area (Å²) in [6.07, 6.45) is 3.65. The monoisotopic (exact) mass is 356 g/mol. The lowest BCUT2D eigenvalue weighted by Crippen LogP contribution is -1.91. The summed E-state index contributed by atoms with van der Waals surface area (Å²) >= 11 is 11.8. The Balaban J connectivity index is 2.13. The average molecular weight is 358 g/mol. The van der Waals surface area contributed by atoms with Crippen LogP contribution >= 0.6 is 38.9 Å². The molecule has 0 aliphatic heterocycles. The maximum atomic E-state index is 6.56. The summed E-state index contributed by atoms with van der Waals surface area (Å²) in [5.74, 6) is 0. The normalized spacial score (nSPS) is 12.6. The van der Waals surface area contributed by atoms with Crippen LogP contribution < -0.4 is 0 Å². The Hall–Kier alpha value is -0.310. The van der Waals surface area contributed by atoms with Crippen LogP contribution in [0, 0.1) is 6.92 Å². The van der Waals surface area contributed by atoms with Gasteiger partial charge in [0.1, 0.15) is 0 Å². The molecule has 2 aromatic rings. The van der Waals surface area contributed by atoms with E-state index >= 15 is 0 Å². The van der Waals surface area contributed by atoms with Crippen LogP contribution in [0.2, 0.25) is 0 Å². The van der Waals surface area contributed by atoms with Crippen molar-refractivity contribution in [2.24, 2.45) is 0 Å². The minimum atomic E-state index is -0.0461. The first-order valence-electron chi connectivity index (χ1n) is 6.60. The number of rotatable bonds is 5. The smallest absolute Gasteiger partial charge is 0.0928 e. The first kappa shape index (κ1) is 15.1. The lowest BCUT2D eigenvalue weighted by Gasteiger charge is -2.08. The Bertz CT molecular complexity index is 511. The Labute approximate surface area is 132 Å².